The summed E-state index contributed by atoms with van der Waals surface area (Å²) in [5, 5.41) is 11.4. The number of carbonyl (C=O) groups excluding carboxylic acids is 1. The maximum atomic E-state index is 13.1. The molecule has 1 atom stereocenters. The van der Waals surface area contributed by atoms with E-state index in [-0.39, 0.29) is 23.7 Å². The van der Waals surface area contributed by atoms with Crippen LogP contribution in [-0.2, 0) is 15.7 Å². The Labute approximate surface area is 173 Å². The lowest BCUT2D eigenvalue weighted by atomic mass is 9.92. The van der Waals surface area contributed by atoms with Gasteiger partial charge in [0.25, 0.3) is 5.56 Å². The molecule has 166 valence electrons. The fraction of sp³-hybridized carbons (Fsp3) is 0.421. The Bertz CT molecular complexity index is 1000. The van der Waals surface area contributed by atoms with Crippen molar-refractivity contribution in [1.82, 2.24) is 14.5 Å². The Kier molecular flexibility index (Phi) is 6.68. The number of amides is 1. The van der Waals surface area contributed by atoms with Crippen molar-refractivity contribution in [3.63, 3.8) is 0 Å². The molecule has 31 heavy (non-hydrogen) atoms. The van der Waals surface area contributed by atoms with E-state index >= 15 is 0 Å². The molecule has 0 aliphatic carbocycles. The molecule has 0 bridgehead atoms. The van der Waals surface area contributed by atoms with Crippen molar-refractivity contribution in [2.24, 2.45) is 5.92 Å². The van der Waals surface area contributed by atoms with Gasteiger partial charge in [0.2, 0.25) is 5.91 Å². The van der Waals surface area contributed by atoms with Gasteiger partial charge in [0.15, 0.2) is 5.69 Å². The number of hydrogen-bond acceptors (Lipinski definition) is 6. The second-order valence-electron chi connectivity index (χ2n) is 7.05. The summed E-state index contributed by atoms with van der Waals surface area (Å²) < 4.78 is 45.4. The van der Waals surface area contributed by atoms with Gasteiger partial charge in [0.1, 0.15) is 11.9 Å². The lowest BCUT2D eigenvalue weighted by Gasteiger charge is -2.27. The summed E-state index contributed by atoms with van der Waals surface area (Å²) in [6.07, 6.45) is -1.37. The summed E-state index contributed by atoms with van der Waals surface area (Å²) in [7, 11) is 0. The number of aromatic carboxylic acids is 1. The second-order valence-corrected chi connectivity index (χ2v) is 7.05. The van der Waals surface area contributed by atoms with Crippen LogP contribution in [0.25, 0.3) is 0 Å². The minimum absolute atomic E-state index is 0.00475. The lowest BCUT2D eigenvalue weighted by molar-refractivity contribution is -0.142. The molecule has 12 heteroatoms. The second kappa shape index (κ2) is 9.25. The Morgan fingerprint density at radius 3 is 2.52 bits per heavy atom. The van der Waals surface area contributed by atoms with Crippen molar-refractivity contribution in [3.8, 4) is 0 Å². The van der Waals surface area contributed by atoms with E-state index in [1.807, 2.05) is 0 Å². The molecule has 1 saturated heterocycles. The number of pyridine rings is 1. The number of rotatable bonds is 6. The minimum Gasteiger partial charge on any atom is -0.478 e. The monoisotopic (exact) mass is 440 g/mol. The predicted octanol–water partition coefficient (Wildman–Crippen LogP) is 2.35. The van der Waals surface area contributed by atoms with Gasteiger partial charge in [-0.2, -0.15) is 13.2 Å². The van der Waals surface area contributed by atoms with Crippen LogP contribution in [0.2, 0.25) is 0 Å². The summed E-state index contributed by atoms with van der Waals surface area (Å²) in [6.45, 7) is 0.909. The van der Waals surface area contributed by atoms with Crippen LogP contribution in [0, 0.1) is 5.92 Å². The van der Waals surface area contributed by atoms with Crippen molar-refractivity contribution in [3.05, 3.63) is 52.3 Å². The average Bonchev–Trinajstić information content (AvgIpc) is 2.73. The molecule has 0 saturated carbocycles. The molecular weight excluding hydrogens is 421 g/mol. The first kappa shape index (κ1) is 22.4. The van der Waals surface area contributed by atoms with Gasteiger partial charge >= 0.3 is 12.1 Å². The fourth-order valence-electron chi connectivity index (χ4n) is 3.26. The number of nitrogens with one attached hydrogen (secondary N) is 1. The van der Waals surface area contributed by atoms with Crippen LogP contribution in [0.4, 0.5) is 19.0 Å². The van der Waals surface area contributed by atoms with Crippen LogP contribution in [0.3, 0.4) is 0 Å². The Morgan fingerprint density at radius 2 is 1.94 bits per heavy atom. The van der Waals surface area contributed by atoms with Gasteiger partial charge in [-0.15, -0.1) is 0 Å². The van der Waals surface area contributed by atoms with Gasteiger partial charge < -0.3 is 15.2 Å². The third-order valence-electron chi connectivity index (χ3n) is 4.92. The molecule has 0 radical (unpaired) electrons. The summed E-state index contributed by atoms with van der Waals surface area (Å²) in [5.74, 6) is -1.99. The highest BCUT2D eigenvalue weighted by atomic mass is 19.4. The SMILES string of the molecule is O=C(O)c1ccc(NC(=O)C(CC2CCOCC2)n2cc(C(F)(F)F)ncc2=O)nc1. The van der Waals surface area contributed by atoms with Gasteiger partial charge in [-0.05, 0) is 37.3 Å². The van der Waals surface area contributed by atoms with E-state index in [4.69, 9.17) is 9.84 Å². The summed E-state index contributed by atoms with van der Waals surface area (Å²) in [5.41, 5.74) is -2.24. The van der Waals surface area contributed by atoms with Crippen molar-refractivity contribution >= 4 is 17.7 Å². The summed E-state index contributed by atoms with van der Waals surface area (Å²) in [4.78, 5) is 43.2. The zero-order chi connectivity index (χ0) is 22.6. The zero-order valence-electron chi connectivity index (χ0n) is 16.1. The highest BCUT2D eigenvalue weighted by Gasteiger charge is 2.35. The standard InChI is InChI=1S/C19H19F3N4O5/c20-19(21,22)14-10-26(16(27)9-23-14)13(7-11-3-5-31-6-4-11)17(28)25-15-2-1-12(8-24-15)18(29)30/h1-2,8-11,13H,3-7H2,(H,29,30)(H,24,25,28). The van der Waals surface area contributed by atoms with Crippen LogP contribution < -0.4 is 10.9 Å². The molecule has 1 aliphatic rings. The Balaban J connectivity index is 1.91. The third-order valence-corrected chi connectivity index (χ3v) is 4.92. The first-order chi connectivity index (χ1) is 14.6. The third kappa shape index (κ3) is 5.66. The van der Waals surface area contributed by atoms with Crippen LogP contribution in [-0.4, -0.2) is 44.7 Å². The molecule has 2 aromatic heterocycles. The van der Waals surface area contributed by atoms with Gasteiger partial charge in [-0.3, -0.25) is 14.2 Å². The molecule has 1 amide bonds. The number of ether oxygens (including phenoxy) is 1. The number of carbonyl (C=O) groups is 2. The number of nitrogens with zero attached hydrogens (tertiary/aromatic N) is 3. The van der Waals surface area contributed by atoms with Crippen LogP contribution in [0.1, 0.15) is 41.4 Å². The summed E-state index contributed by atoms with van der Waals surface area (Å²) >= 11 is 0. The average molecular weight is 440 g/mol. The van der Waals surface area contributed by atoms with Gasteiger partial charge in [0, 0.05) is 25.6 Å². The molecular formula is C19H19F3N4O5. The van der Waals surface area contributed by atoms with Crippen LogP contribution in [0.15, 0.2) is 35.5 Å². The Hall–Kier alpha value is -3.28. The van der Waals surface area contributed by atoms with Crippen molar-refractivity contribution in [1.29, 1.82) is 0 Å². The molecule has 3 rings (SSSR count). The van der Waals surface area contributed by atoms with E-state index in [0.717, 1.165) is 10.8 Å². The van der Waals surface area contributed by atoms with E-state index in [1.54, 1.807) is 0 Å². The normalized spacial score (nSPS) is 16.0. The Morgan fingerprint density at radius 1 is 1.23 bits per heavy atom. The molecule has 1 aliphatic heterocycles. The highest BCUT2D eigenvalue weighted by molar-refractivity contribution is 5.93. The largest absolute Gasteiger partial charge is 0.478 e. The number of hydrogen-bond donors (Lipinski definition) is 2. The van der Waals surface area contributed by atoms with E-state index in [9.17, 15) is 27.6 Å². The quantitative estimate of drug-likeness (QED) is 0.707. The van der Waals surface area contributed by atoms with Crippen LogP contribution in [0.5, 0.6) is 0 Å². The molecule has 0 spiro atoms. The van der Waals surface area contributed by atoms with Gasteiger partial charge in [0.05, 0.1) is 11.8 Å². The maximum Gasteiger partial charge on any atom is 0.434 e. The van der Waals surface area contributed by atoms with Gasteiger partial charge in [-0.25, -0.2) is 14.8 Å². The number of carboxylic acids is 1. The van der Waals surface area contributed by atoms with Crippen LogP contribution >= 0.6 is 0 Å². The predicted molar refractivity (Wildman–Crippen MR) is 101 cm³/mol. The molecule has 0 aromatic carbocycles. The van der Waals surface area contributed by atoms with E-state index < -0.39 is 35.3 Å². The zero-order valence-corrected chi connectivity index (χ0v) is 16.1. The number of carboxylic acid groups (broad SMARTS) is 1. The highest BCUT2D eigenvalue weighted by Crippen LogP contribution is 2.29. The first-order valence-corrected chi connectivity index (χ1v) is 9.38. The maximum absolute atomic E-state index is 13.1. The van der Waals surface area contributed by atoms with E-state index in [1.165, 1.54) is 12.1 Å². The molecule has 1 fully saturated rings. The number of halogens is 3. The van der Waals surface area contributed by atoms with E-state index in [2.05, 4.69) is 15.3 Å². The molecule has 1 unspecified atom stereocenters. The molecule has 2 N–H and O–H groups in total. The topological polar surface area (TPSA) is 123 Å². The van der Waals surface area contributed by atoms with Gasteiger partial charge in [-0.1, -0.05) is 0 Å². The number of aromatic nitrogens is 3. The molecule has 9 nitrogen and oxygen atoms in total. The van der Waals surface area contributed by atoms with Crippen molar-refractivity contribution < 1.29 is 32.6 Å². The first-order valence-electron chi connectivity index (χ1n) is 9.38. The smallest absolute Gasteiger partial charge is 0.434 e. The van der Waals surface area contributed by atoms with Crippen molar-refractivity contribution in [2.45, 2.75) is 31.5 Å². The lowest BCUT2D eigenvalue weighted by Crippen LogP contribution is -2.36. The fourth-order valence-corrected chi connectivity index (χ4v) is 3.26. The van der Waals surface area contributed by atoms with Crippen molar-refractivity contribution in [2.75, 3.05) is 18.5 Å². The van der Waals surface area contributed by atoms with E-state index in [0.29, 0.717) is 38.4 Å². The minimum atomic E-state index is -4.79. The number of alkyl halides is 3. The summed E-state index contributed by atoms with van der Waals surface area (Å²) in [6, 6.07) is 1.22. The molecule has 2 aromatic rings. The number of anilines is 1. The molecule has 3 heterocycles.